The van der Waals surface area contributed by atoms with Gasteiger partial charge in [0.2, 0.25) is 17.7 Å². The van der Waals surface area contributed by atoms with Gasteiger partial charge < -0.3 is 14.7 Å². The molecule has 6 nitrogen and oxygen atoms in total. The van der Waals surface area contributed by atoms with Crippen LogP contribution in [0.3, 0.4) is 0 Å². The number of piperazine rings is 1. The van der Waals surface area contributed by atoms with Gasteiger partial charge in [-0.1, -0.05) is 29.8 Å². The molecule has 0 bridgehead atoms. The lowest BCUT2D eigenvalue weighted by molar-refractivity contribution is -0.145. The van der Waals surface area contributed by atoms with Crippen LogP contribution in [0, 0.1) is 6.92 Å². The van der Waals surface area contributed by atoms with Crippen molar-refractivity contribution in [2.75, 3.05) is 32.7 Å². The predicted molar refractivity (Wildman–Crippen MR) is 98.2 cm³/mol. The molecule has 0 N–H and O–H groups in total. The monoisotopic (exact) mass is 357 g/mol. The standard InChI is InChI=1S/C20H27N3O3/c1-16-6-8-17(9-7-16)14-22-12-13-23(15-20(22)26)19(25)5-3-11-21-10-2-4-18(21)24/h6-9H,2-5,10-15H2,1H3. The summed E-state index contributed by atoms with van der Waals surface area (Å²) in [6, 6.07) is 8.18. The lowest BCUT2D eigenvalue weighted by atomic mass is 10.1. The molecule has 0 saturated carbocycles. The van der Waals surface area contributed by atoms with Crippen molar-refractivity contribution in [3.05, 3.63) is 35.4 Å². The third-order valence-corrected chi connectivity index (χ3v) is 5.16. The van der Waals surface area contributed by atoms with Gasteiger partial charge in [0.1, 0.15) is 0 Å². The molecule has 0 aromatic heterocycles. The molecule has 0 radical (unpaired) electrons. The zero-order valence-corrected chi connectivity index (χ0v) is 15.4. The van der Waals surface area contributed by atoms with E-state index in [1.807, 2.05) is 41.0 Å². The first-order chi connectivity index (χ1) is 12.5. The molecule has 2 aliphatic rings. The van der Waals surface area contributed by atoms with E-state index in [1.54, 1.807) is 4.90 Å². The largest absolute Gasteiger partial charge is 0.343 e. The minimum Gasteiger partial charge on any atom is -0.343 e. The molecule has 140 valence electrons. The Balaban J connectivity index is 1.42. The van der Waals surface area contributed by atoms with Gasteiger partial charge in [0.15, 0.2) is 0 Å². The predicted octanol–water partition coefficient (Wildman–Crippen LogP) is 1.57. The number of hydrogen-bond acceptors (Lipinski definition) is 3. The lowest BCUT2D eigenvalue weighted by Gasteiger charge is -2.34. The molecule has 1 aromatic carbocycles. The molecule has 0 spiro atoms. The van der Waals surface area contributed by atoms with Crippen molar-refractivity contribution in [2.24, 2.45) is 0 Å². The number of hydrogen-bond donors (Lipinski definition) is 0. The van der Waals surface area contributed by atoms with Gasteiger partial charge in [0.05, 0.1) is 6.54 Å². The maximum Gasteiger partial charge on any atom is 0.242 e. The number of benzene rings is 1. The Morgan fingerprint density at radius 3 is 2.42 bits per heavy atom. The number of aryl methyl sites for hydroxylation is 1. The molecule has 6 heteroatoms. The molecule has 2 fully saturated rings. The summed E-state index contributed by atoms with van der Waals surface area (Å²) < 4.78 is 0. The van der Waals surface area contributed by atoms with Crippen LogP contribution in [0.15, 0.2) is 24.3 Å². The third-order valence-electron chi connectivity index (χ3n) is 5.16. The molecular weight excluding hydrogens is 330 g/mol. The summed E-state index contributed by atoms with van der Waals surface area (Å²) in [5.74, 6) is 0.206. The van der Waals surface area contributed by atoms with E-state index in [-0.39, 0.29) is 24.3 Å². The summed E-state index contributed by atoms with van der Waals surface area (Å²) in [5.41, 5.74) is 2.31. The summed E-state index contributed by atoms with van der Waals surface area (Å²) >= 11 is 0. The van der Waals surface area contributed by atoms with E-state index >= 15 is 0 Å². The second-order valence-corrected chi connectivity index (χ2v) is 7.20. The Morgan fingerprint density at radius 1 is 1.00 bits per heavy atom. The van der Waals surface area contributed by atoms with Gasteiger partial charge in [0, 0.05) is 45.6 Å². The normalized spacial score (nSPS) is 18.0. The number of amides is 3. The van der Waals surface area contributed by atoms with Crippen LogP contribution >= 0.6 is 0 Å². The van der Waals surface area contributed by atoms with Crippen molar-refractivity contribution in [1.29, 1.82) is 0 Å². The lowest BCUT2D eigenvalue weighted by Crippen LogP contribution is -2.51. The Kier molecular flexibility index (Phi) is 5.91. The van der Waals surface area contributed by atoms with Crippen LogP contribution in [0.5, 0.6) is 0 Å². The topological polar surface area (TPSA) is 60.9 Å². The average Bonchev–Trinajstić information content (AvgIpc) is 3.03. The zero-order chi connectivity index (χ0) is 18.5. The van der Waals surface area contributed by atoms with Crippen LogP contribution in [-0.2, 0) is 20.9 Å². The van der Waals surface area contributed by atoms with E-state index in [4.69, 9.17) is 0 Å². The van der Waals surface area contributed by atoms with Crippen molar-refractivity contribution < 1.29 is 14.4 Å². The second kappa shape index (κ2) is 8.34. The first-order valence-electron chi connectivity index (χ1n) is 9.42. The minimum atomic E-state index is -0.0000966. The van der Waals surface area contributed by atoms with Crippen LogP contribution in [-0.4, -0.2) is 65.1 Å². The van der Waals surface area contributed by atoms with Crippen molar-refractivity contribution in [3.63, 3.8) is 0 Å². The maximum atomic E-state index is 12.4. The van der Waals surface area contributed by atoms with Crippen LogP contribution in [0.25, 0.3) is 0 Å². The van der Waals surface area contributed by atoms with Crippen molar-refractivity contribution >= 4 is 17.7 Å². The fourth-order valence-corrected chi connectivity index (χ4v) is 3.52. The van der Waals surface area contributed by atoms with Crippen molar-refractivity contribution in [2.45, 2.75) is 39.2 Å². The SMILES string of the molecule is Cc1ccc(CN2CCN(C(=O)CCCN3CCCC3=O)CC2=O)cc1. The van der Waals surface area contributed by atoms with Gasteiger partial charge in [-0.05, 0) is 25.3 Å². The first kappa shape index (κ1) is 18.4. The van der Waals surface area contributed by atoms with Gasteiger partial charge in [0.25, 0.3) is 0 Å². The molecule has 2 saturated heterocycles. The molecular formula is C20H27N3O3. The molecule has 3 amide bonds. The van der Waals surface area contributed by atoms with E-state index in [1.165, 1.54) is 5.56 Å². The molecule has 0 unspecified atom stereocenters. The van der Waals surface area contributed by atoms with E-state index in [2.05, 4.69) is 0 Å². The number of carbonyl (C=O) groups excluding carboxylic acids is 3. The quantitative estimate of drug-likeness (QED) is 0.776. The van der Waals surface area contributed by atoms with Gasteiger partial charge in [-0.2, -0.15) is 0 Å². The van der Waals surface area contributed by atoms with E-state index in [9.17, 15) is 14.4 Å². The number of rotatable bonds is 6. The molecule has 2 heterocycles. The number of carbonyl (C=O) groups is 3. The highest BCUT2D eigenvalue weighted by molar-refractivity contribution is 5.86. The van der Waals surface area contributed by atoms with Crippen LogP contribution < -0.4 is 0 Å². The molecule has 3 rings (SSSR count). The maximum absolute atomic E-state index is 12.4. The molecule has 1 aromatic rings. The van der Waals surface area contributed by atoms with Gasteiger partial charge in [-0.15, -0.1) is 0 Å². The fourth-order valence-electron chi connectivity index (χ4n) is 3.52. The first-order valence-corrected chi connectivity index (χ1v) is 9.42. The van der Waals surface area contributed by atoms with Crippen molar-refractivity contribution in [3.8, 4) is 0 Å². The summed E-state index contributed by atoms with van der Waals surface area (Å²) in [6.45, 7) is 5.40. The van der Waals surface area contributed by atoms with Gasteiger partial charge in [-0.25, -0.2) is 0 Å². The Hall–Kier alpha value is -2.37. The summed E-state index contributed by atoms with van der Waals surface area (Å²) in [6.07, 6.45) is 2.62. The zero-order valence-electron chi connectivity index (χ0n) is 15.4. The Labute approximate surface area is 154 Å². The van der Waals surface area contributed by atoms with Crippen LogP contribution in [0.1, 0.15) is 36.8 Å². The summed E-state index contributed by atoms with van der Waals surface area (Å²) in [4.78, 5) is 41.6. The van der Waals surface area contributed by atoms with Gasteiger partial charge in [-0.3, -0.25) is 14.4 Å². The second-order valence-electron chi connectivity index (χ2n) is 7.20. The number of likely N-dealkylation sites (tertiary alicyclic amines) is 1. The smallest absolute Gasteiger partial charge is 0.242 e. The third kappa shape index (κ3) is 4.62. The highest BCUT2D eigenvalue weighted by Crippen LogP contribution is 2.13. The molecule has 0 atom stereocenters. The Bertz CT molecular complexity index is 671. The highest BCUT2D eigenvalue weighted by atomic mass is 16.2. The van der Waals surface area contributed by atoms with E-state index in [0.29, 0.717) is 45.4 Å². The van der Waals surface area contributed by atoms with Gasteiger partial charge >= 0.3 is 0 Å². The molecule has 2 aliphatic heterocycles. The number of nitrogens with zero attached hydrogens (tertiary/aromatic N) is 3. The van der Waals surface area contributed by atoms with Crippen molar-refractivity contribution in [1.82, 2.24) is 14.7 Å². The van der Waals surface area contributed by atoms with Crippen LogP contribution in [0.4, 0.5) is 0 Å². The summed E-state index contributed by atoms with van der Waals surface area (Å²) in [5, 5.41) is 0. The molecule has 0 aliphatic carbocycles. The average molecular weight is 357 g/mol. The summed E-state index contributed by atoms with van der Waals surface area (Å²) in [7, 11) is 0. The van der Waals surface area contributed by atoms with E-state index in [0.717, 1.165) is 18.5 Å². The fraction of sp³-hybridized carbons (Fsp3) is 0.550. The molecule has 26 heavy (non-hydrogen) atoms. The van der Waals surface area contributed by atoms with Crippen LogP contribution in [0.2, 0.25) is 0 Å². The van der Waals surface area contributed by atoms with E-state index < -0.39 is 0 Å². The minimum absolute atomic E-state index is 0.0000966. The Morgan fingerprint density at radius 2 is 1.77 bits per heavy atom. The highest BCUT2D eigenvalue weighted by Gasteiger charge is 2.27.